The lowest BCUT2D eigenvalue weighted by Gasteiger charge is -2.20. The van der Waals surface area contributed by atoms with Gasteiger partial charge in [-0.2, -0.15) is 0 Å². The minimum absolute atomic E-state index is 0.0975. The predicted octanol–water partition coefficient (Wildman–Crippen LogP) is 1.09. The Balaban J connectivity index is 1.66. The summed E-state index contributed by atoms with van der Waals surface area (Å²) in [7, 11) is 2.04. The zero-order valence-corrected chi connectivity index (χ0v) is 15.5. The van der Waals surface area contributed by atoms with Gasteiger partial charge in [0.05, 0.1) is 12.3 Å². The van der Waals surface area contributed by atoms with Crippen LogP contribution in [-0.2, 0) is 29.1 Å². The zero-order chi connectivity index (χ0) is 18.5. The first-order chi connectivity index (χ1) is 12.6. The summed E-state index contributed by atoms with van der Waals surface area (Å²) in [5.74, 6) is -1.40. The average Bonchev–Trinajstić information content (AvgIpc) is 3.02. The Morgan fingerprint density at radius 3 is 2.85 bits per heavy atom. The third-order valence-electron chi connectivity index (χ3n) is 4.21. The lowest BCUT2D eigenvalue weighted by atomic mass is 10.2. The van der Waals surface area contributed by atoms with Gasteiger partial charge in [0.1, 0.15) is 0 Å². The van der Waals surface area contributed by atoms with Crippen LogP contribution < -0.4 is 5.32 Å². The number of likely N-dealkylation sites (N-methyl/N-ethyl adjacent to an activating group) is 1. The van der Waals surface area contributed by atoms with Gasteiger partial charge in [0.2, 0.25) is 0 Å². The molecule has 8 heteroatoms. The number of hydrogen-bond donors (Lipinski definition) is 2. The minimum Gasteiger partial charge on any atom is -0.395 e. The molecule has 0 unspecified atom stereocenters. The molecular formula is C18H22N4O3S. The van der Waals surface area contributed by atoms with Crippen LogP contribution in [0.25, 0.3) is 0 Å². The van der Waals surface area contributed by atoms with Gasteiger partial charge in [-0.05, 0) is 12.6 Å². The fourth-order valence-corrected chi connectivity index (χ4v) is 3.93. The molecule has 0 fully saturated rings. The monoisotopic (exact) mass is 374 g/mol. The van der Waals surface area contributed by atoms with Crippen molar-refractivity contribution in [3.05, 3.63) is 46.5 Å². The summed E-state index contributed by atoms with van der Waals surface area (Å²) in [5.41, 5.74) is 1.89. The van der Waals surface area contributed by atoms with E-state index in [9.17, 15) is 14.7 Å². The molecule has 1 aromatic carbocycles. The van der Waals surface area contributed by atoms with Crippen molar-refractivity contribution in [1.82, 2.24) is 14.8 Å². The first-order valence-corrected chi connectivity index (χ1v) is 9.30. The molecule has 2 amide bonds. The van der Waals surface area contributed by atoms with Gasteiger partial charge in [0.15, 0.2) is 5.13 Å². The number of fused-ring (bicyclic) bond motifs is 1. The normalized spacial score (nSPS) is 13.9. The largest absolute Gasteiger partial charge is 0.395 e. The number of benzene rings is 1. The Kier molecular flexibility index (Phi) is 5.97. The predicted molar refractivity (Wildman–Crippen MR) is 99.7 cm³/mol. The highest BCUT2D eigenvalue weighted by atomic mass is 32.1. The molecule has 26 heavy (non-hydrogen) atoms. The van der Waals surface area contributed by atoms with Crippen LogP contribution in [-0.4, -0.2) is 58.4 Å². The second-order valence-corrected chi connectivity index (χ2v) is 7.35. The van der Waals surface area contributed by atoms with E-state index in [1.807, 2.05) is 37.4 Å². The Hall–Kier alpha value is -2.29. The second-order valence-electron chi connectivity index (χ2n) is 6.27. The second kappa shape index (κ2) is 8.39. The molecule has 0 spiro atoms. The highest BCUT2D eigenvalue weighted by Gasteiger charge is 2.24. The van der Waals surface area contributed by atoms with Crippen molar-refractivity contribution >= 4 is 28.3 Å². The van der Waals surface area contributed by atoms with Gasteiger partial charge in [-0.25, -0.2) is 4.98 Å². The van der Waals surface area contributed by atoms with Gasteiger partial charge in [0, 0.05) is 37.5 Å². The molecule has 2 N–H and O–H groups in total. The van der Waals surface area contributed by atoms with E-state index in [1.165, 1.54) is 16.2 Å². The topological polar surface area (TPSA) is 85.8 Å². The summed E-state index contributed by atoms with van der Waals surface area (Å²) in [6.07, 6.45) is 0.844. The molecule has 0 bridgehead atoms. The number of carbonyl (C=O) groups excluding carboxylic acids is 2. The van der Waals surface area contributed by atoms with E-state index in [2.05, 4.69) is 15.2 Å². The highest BCUT2D eigenvalue weighted by molar-refractivity contribution is 7.16. The molecule has 0 saturated carbocycles. The van der Waals surface area contributed by atoms with Crippen LogP contribution in [0.5, 0.6) is 0 Å². The molecule has 1 aromatic heterocycles. The number of anilines is 1. The van der Waals surface area contributed by atoms with Crippen LogP contribution >= 0.6 is 11.3 Å². The van der Waals surface area contributed by atoms with Crippen molar-refractivity contribution in [1.29, 1.82) is 0 Å². The SMILES string of the molecule is CN1CCc2nc(NC(=O)C(=O)N(CCO)Cc3ccccc3)sc2C1. The maximum Gasteiger partial charge on any atom is 0.315 e. The third kappa shape index (κ3) is 4.46. The first-order valence-electron chi connectivity index (χ1n) is 8.49. The first kappa shape index (κ1) is 18.5. The van der Waals surface area contributed by atoms with E-state index >= 15 is 0 Å². The van der Waals surface area contributed by atoms with Crippen LogP contribution in [0.1, 0.15) is 16.1 Å². The molecule has 0 radical (unpaired) electrons. The molecule has 3 rings (SSSR count). The van der Waals surface area contributed by atoms with Crippen LogP contribution in [0, 0.1) is 0 Å². The third-order valence-corrected chi connectivity index (χ3v) is 5.21. The lowest BCUT2D eigenvalue weighted by molar-refractivity contribution is -0.143. The summed E-state index contributed by atoms with van der Waals surface area (Å²) >= 11 is 1.41. The molecule has 7 nitrogen and oxygen atoms in total. The number of aromatic nitrogens is 1. The number of nitrogens with one attached hydrogen (secondary N) is 1. The molecule has 1 aliphatic heterocycles. The quantitative estimate of drug-likeness (QED) is 0.766. The maximum atomic E-state index is 12.5. The number of nitrogens with zero attached hydrogens (tertiary/aromatic N) is 3. The van der Waals surface area contributed by atoms with Crippen molar-refractivity contribution in [3.8, 4) is 0 Å². The van der Waals surface area contributed by atoms with Gasteiger partial charge in [-0.1, -0.05) is 30.3 Å². The van der Waals surface area contributed by atoms with Crippen molar-refractivity contribution in [2.24, 2.45) is 0 Å². The van der Waals surface area contributed by atoms with E-state index in [1.54, 1.807) is 0 Å². The Bertz CT molecular complexity index is 778. The Morgan fingerprint density at radius 2 is 2.12 bits per heavy atom. The summed E-state index contributed by atoms with van der Waals surface area (Å²) in [5, 5.41) is 12.3. The molecule has 1 aliphatic rings. The van der Waals surface area contributed by atoms with Crippen molar-refractivity contribution in [3.63, 3.8) is 0 Å². The van der Waals surface area contributed by atoms with E-state index in [4.69, 9.17) is 0 Å². The zero-order valence-electron chi connectivity index (χ0n) is 14.6. The number of carbonyl (C=O) groups is 2. The maximum absolute atomic E-state index is 12.5. The van der Waals surface area contributed by atoms with Gasteiger partial charge < -0.3 is 14.9 Å². The van der Waals surface area contributed by atoms with Crippen molar-refractivity contribution < 1.29 is 14.7 Å². The lowest BCUT2D eigenvalue weighted by Crippen LogP contribution is -2.40. The number of hydrogen-bond acceptors (Lipinski definition) is 6. The van der Waals surface area contributed by atoms with Crippen LogP contribution in [0.15, 0.2) is 30.3 Å². The van der Waals surface area contributed by atoms with Crippen molar-refractivity contribution in [2.75, 3.05) is 32.1 Å². The molecule has 0 aliphatic carbocycles. The molecule has 0 saturated heterocycles. The minimum atomic E-state index is -0.728. The highest BCUT2D eigenvalue weighted by Crippen LogP contribution is 2.27. The Labute approximate surface area is 156 Å². The summed E-state index contributed by atoms with van der Waals surface area (Å²) < 4.78 is 0. The van der Waals surface area contributed by atoms with Gasteiger partial charge in [-0.3, -0.25) is 14.9 Å². The number of rotatable bonds is 5. The molecule has 2 aromatic rings. The van der Waals surface area contributed by atoms with Gasteiger partial charge >= 0.3 is 11.8 Å². The number of aliphatic hydroxyl groups excluding tert-OH is 1. The smallest absolute Gasteiger partial charge is 0.315 e. The van der Waals surface area contributed by atoms with E-state index < -0.39 is 11.8 Å². The average molecular weight is 374 g/mol. The Morgan fingerprint density at radius 1 is 1.35 bits per heavy atom. The number of amides is 2. The summed E-state index contributed by atoms with van der Waals surface area (Å²) in [4.78, 5) is 34.0. The van der Waals surface area contributed by atoms with E-state index in [0.29, 0.717) is 5.13 Å². The van der Waals surface area contributed by atoms with Crippen LogP contribution in [0.4, 0.5) is 5.13 Å². The molecule has 0 atom stereocenters. The van der Waals surface area contributed by atoms with Crippen molar-refractivity contribution in [2.45, 2.75) is 19.5 Å². The molecule has 138 valence electrons. The van der Waals surface area contributed by atoms with Gasteiger partial charge in [-0.15, -0.1) is 11.3 Å². The van der Waals surface area contributed by atoms with E-state index in [0.717, 1.165) is 35.6 Å². The molecule has 2 heterocycles. The van der Waals surface area contributed by atoms with Gasteiger partial charge in [0.25, 0.3) is 0 Å². The standard InChI is InChI=1S/C18H22N4O3S/c1-21-8-7-14-15(12-21)26-18(19-14)20-16(24)17(25)22(9-10-23)11-13-5-3-2-4-6-13/h2-6,23H,7-12H2,1H3,(H,19,20,24). The van der Waals surface area contributed by atoms with Crippen LogP contribution in [0.2, 0.25) is 0 Å². The fourth-order valence-electron chi connectivity index (χ4n) is 2.85. The molecular weight excluding hydrogens is 352 g/mol. The van der Waals surface area contributed by atoms with Crippen LogP contribution in [0.3, 0.4) is 0 Å². The number of aliphatic hydroxyl groups is 1. The fraction of sp³-hybridized carbons (Fsp3) is 0.389. The summed E-state index contributed by atoms with van der Waals surface area (Å²) in [6, 6.07) is 9.38. The number of thiazole rings is 1. The van der Waals surface area contributed by atoms with E-state index in [-0.39, 0.29) is 19.7 Å². The summed E-state index contributed by atoms with van der Waals surface area (Å²) in [6.45, 7) is 1.91.